The summed E-state index contributed by atoms with van der Waals surface area (Å²) in [4.78, 5) is 25.3. The van der Waals surface area contributed by atoms with Crippen molar-refractivity contribution < 1.29 is 49.0 Å². The molecule has 0 aliphatic carbocycles. The number of rotatable bonds is 35. The fraction of sp³-hybridized carbons (Fsp3) is 0.739. The van der Waals surface area contributed by atoms with E-state index in [9.17, 15) is 30.0 Å². The summed E-state index contributed by atoms with van der Waals surface area (Å²) >= 11 is 0. The molecule has 0 amide bonds. The van der Waals surface area contributed by atoms with Crippen molar-refractivity contribution in [2.75, 3.05) is 19.8 Å². The standard InChI is InChI=1S/C46H78O10/c1-3-5-7-9-11-13-15-17-18-19-20-21-22-23-25-26-28-30-32-34-41(48)53-37-39(38-54-46-45(52)44(51)43(50)40(36-47)56-46)55-42(49)35-33-31-29-27-24-16-14-12-10-8-6-4-2/h5,7,11,13,17-18,20-21,23,25,39-40,43-47,50-52H,3-4,6,8-10,12,14-16,19,22,24,26-38H2,1-2H3/b7-5+,13-11+,18-17+,21-20+,25-23+/t39-,40-,43+,44?,45?,46-/m0/s1. The molecule has 0 spiro atoms. The van der Waals surface area contributed by atoms with Gasteiger partial charge < -0.3 is 39.4 Å². The van der Waals surface area contributed by atoms with E-state index < -0.39 is 55.4 Å². The topological polar surface area (TPSA) is 152 Å². The zero-order chi connectivity index (χ0) is 40.9. The van der Waals surface area contributed by atoms with Gasteiger partial charge in [-0.25, -0.2) is 0 Å². The van der Waals surface area contributed by atoms with Crippen LogP contribution in [0.3, 0.4) is 0 Å². The van der Waals surface area contributed by atoms with E-state index in [4.69, 9.17) is 18.9 Å². The molecule has 2 unspecified atom stereocenters. The van der Waals surface area contributed by atoms with Crippen LogP contribution in [0.1, 0.15) is 162 Å². The van der Waals surface area contributed by atoms with Crippen molar-refractivity contribution >= 4 is 11.9 Å². The lowest BCUT2D eigenvalue weighted by Crippen LogP contribution is -2.59. The monoisotopic (exact) mass is 791 g/mol. The van der Waals surface area contributed by atoms with Crippen LogP contribution < -0.4 is 0 Å². The molecule has 0 bridgehead atoms. The van der Waals surface area contributed by atoms with Gasteiger partial charge in [0.05, 0.1) is 13.2 Å². The van der Waals surface area contributed by atoms with Crippen LogP contribution in [0.5, 0.6) is 0 Å². The van der Waals surface area contributed by atoms with Crippen LogP contribution in [-0.4, -0.2) is 89.0 Å². The molecule has 4 N–H and O–H groups in total. The highest BCUT2D eigenvalue weighted by atomic mass is 16.7. The minimum Gasteiger partial charge on any atom is -0.462 e. The van der Waals surface area contributed by atoms with Gasteiger partial charge in [0.25, 0.3) is 0 Å². The Morgan fingerprint density at radius 3 is 1.59 bits per heavy atom. The zero-order valence-corrected chi connectivity index (χ0v) is 34.9. The summed E-state index contributed by atoms with van der Waals surface area (Å²) in [7, 11) is 0. The fourth-order valence-electron chi connectivity index (χ4n) is 6.21. The van der Waals surface area contributed by atoms with Gasteiger partial charge in [-0.05, 0) is 57.8 Å². The molecule has 1 fully saturated rings. The van der Waals surface area contributed by atoms with E-state index in [1.54, 1.807) is 0 Å². The minimum absolute atomic E-state index is 0.222. The van der Waals surface area contributed by atoms with Crippen molar-refractivity contribution in [1.29, 1.82) is 0 Å². The molecule has 1 heterocycles. The van der Waals surface area contributed by atoms with Gasteiger partial charge in [-0.3, -0.25) is 9.59 Å². The molecule has 10 heteroatoms. The highest BCUT2D eigenvalue weighted by molar-refractivity contribution is 5.70. The number of ether oxygens (including phenoxy) is 4. The second-order valence-corrected chi connectivity index (χ2v) is 14.8. The van der Waals surface area contributed by atoms with E-state index in [0.717, 1.165) is 70.6 Å². The highest BCUT2D eigenvalue weighted by Crippen LogP contribution is 2.22. The maximum absolute atomic E-state index is 12.7. The summed E-state index contributed by atoms with van der Waals surface area (Å²) in [5, 5.41) is 40.0. The Morgan fingerprint density at radius 1 is 0.571 bits per heavy atom. The molecule has 6 atom stereocenters. The third kappa shape index (κ3) is 27.9. The number of carbonyl (C=O) groups is 2. The van der Waals surface area contributed by atoms with Crippen LogP contribution >= 0.6 is 0 Å². The lowest BCUT2D eigenvalue weighted by Gasteiger charge is -2.39. The number of carbonyl (C=O) groups excluding carboxylic acids is 2. The van der Waals surface area contributed by atoms with Crippen molar-refractivity contribution in [3.05, 3.63) is 60.8 Å². The average Bonchev–Trinajstić information content (AvgIpc) is 3.19. The number of hydrogen-bond acceptors (Lipinski definition) is 10. The number of unbranched alkanes of at least 4 members (excludes halogenated alkanes) is 14. The van der Waals surface area contributed by atoms with Gasteiger partial charge in [-0.2, -0.15) is 0 Å². The quantitative estimate of drug-likeness (QED) is 0.0278. The molecule has 0 radical (unpaired) electrons. The molecule has 0 aromatic heterocycles. The van der Waals surface area contributed by atoms with Crippen molar-refractivity contribution in [2.45, 2.75) is 198 Å². The molecule has 10 nitrogen and oxygen atoms in total. The van der Waals surface area contributed by atoms with Gasteiger partial charge >= 0.3 is 11.9 Å². The van der Waals surface area contributed by atoms with Gasteiger partial charge in [0.2, 0.25) is 0 Å². The first-order chi connectivity index (χ1) is 27.3. The molecule has 56 heavy (non-hydrogen) atoms. The largest absolute Gasteiger partial charge is 0.462 e. The molecule has 1 saturated heterocycles. The van der Waals surface area contributed by atoms with Crippen LogP contribution in [-0.2, 0) is 28.5 Å². The van der Waals surface area contributed by atoms with Crippen molar-refractivity contribution in [3.63, 3.8) is 0 Å². The van der Waals surface area contributed by atoms with Crippen LogP contribution in [0.15, 0.2) is 60.8 Å². The van der Waals surface area contributed by atoms with Gasteiger partial charge in [-0.15, -0.1) is 0 Å². The van der Waals surface area contributed by atoms with E-state index in [0.29, 0.717) is 12.8 Å². The third-order valence-electron chi connectivity index (χ3n) is 9.67. The predicted octanol–water partition coefficient (Wildman–Crippen LogP) is 9.05. The highest BCUT2D eigenvalue weighted by Gasteiger charge is 2.44. The molecule has 1 rings (SSSR count). The van der Waals surface area contributed by atoms with Gasteiger partial charge in [0.1, 0.15) is 31.0 Å². The van der Waals surface area contributed by atoms with Gasteiger partial charge in [0, 0.05) is 12.8 Å². The number of aliphatic hydroxyl groups is 4. The van der Waals surface area contributed by atoms with Crippen molar-refractivity contribution in [1.82, 2.24) is 0 Å². The normalized spacial score (nSPS) is 21.0. The third-order valence-corrected chi connectivity index (χ3v) is 9.67. The minimum atomic E-state index is -1.60. The Balaban J connectivity index is 2.36. The number of allylic oxidation sites excluding steroid dienone is 10. The second-order valence-electron chi connectivity index (χ2n) is 14.8. The summed E-state index contributed by atoms with van der Waals surface area (Å²) < 4.78 is 22.1. The maximum atomic E-state index is 12.7. The van der Waals surface area contributed by atoms with Crippen LogP contribution in [0, 0.1) is 0 Å². The Hall–Kier alpha value is -2.60. The Morgan fingerprint density at radius 2 is 1.05 bits per heavy atom. The molecule has 0 aromatic rings. The Labute approximate surface area is 339 Å². The summed E-state index contributed by atoms with van der Waals surface area (Å²) in [5.41, 5.74) is 0. The summed E-state index contributed by atoms with van der Waals surface area (Å²) in [6.45, 7) is 3.26. The first-order valence-electron chi connectivity index (χ1n) is 21.9. The Kier molecular flexibility index (Phi) is 33.7. The molecule has 0 aromatic carbocycles. The van der Waals surface area contributed by atoms with Gasteiger partial charge in [-0.1, -0.05) is 152 Å². The van der Waals surface area contributed by atoms with Crippen molar-refractivity contribution in [2.24, 2.45) is 0 Å². The van der Waals surface area contributed by atoms with E-state index >= 15 is 0 Å². The second kappa shape index (κ2) is 36.7. The smallest absolute Gasteiger partial charge is 0.306 e. The van der Waals surface area contributed by atoms with E-state index in [1.165, 1.54) is 51.4 Å². The first-order valence-corrected chi connectivity index (χ1v) is 21.9. The predicted molar refractivity (Wildman–Crippen MR) is 224 cm³/mol. The first kappa shape index (κ1) is 51.4. The summed E-state index contributed by atoms with van der Waals surface area (Å²) in [6.07, 6.45) is 36.5. The zero-order valence-electron chi connectivity index (χ0n) is 34.9. The van der Waals surface area contributed by atoms with Crippen LogP contribution in [0.2, 0.25) is 0 Å². The summed E-state index contributed by atoms with van der Waals surface area (Å²) in [6, 6.07) is 0. The number of hydrogen-bond donors (Lipinski definition) is 4. The van der Waals surface area contributed by atoms with E-state index in [-0.39, 0.29) is 26.1 Å². The Bertz CT molecular complexity index is 1100. The van der Waals surface area contributed by atoms with E-state index in [1.807, 2.05) is 0 Å². The lowest BCUT2D eigenvalue weighted by atomic mass is 9.99. The van der Waals surface area contributed by atoms with Crippen LogP contribution in [0.25, 0.3) is 0 Å². The molecule has 322 valence electrons. The molecule has 0 saturated carbocycles. The SMILES string of the molecule is CC/C=C/C/C=C/C/C=C/C/C=C/C/C=C/CCCCCC(=O)OC[C@@H](CO[C@H]1O[C@@H](CO)[C@@H](O)C(O)C1O)OC(=O)CCCCCCCCCCCCCC. The number of aliphatic hydroxyl groups excluding tert-OH is 4. The van der Waals surface area contributed by atoms with Crippen LogP contribution in [0.4, 0.5) is 0 Å². The maximum Gasteiger partial charge on any atom is 0.306 e. The molecular weight excluding hydrogens is 712 g/mol. The summed E-state index contributed by atoms with van der Waals surface area (Å²) in [5.74, 6) is -0.847. The van der Waals surface area contributed by atoms with Gasteiger partial charge in [0.15, 0.2) is 12.4 Å². The molecular formula is C46H78O10. The van der Waals surface area contributed by atoms with E-state index in [2.05, 4.69) is 74.6 Å². The fourth-order valence-corrected chi connectivity index (χ4v) is 6.21. The average molecular weight is 791 g/mol. The van der Waals surface area contributed by atoms with Crippen molar-refractivity contribution in [3.8, 4) is 0 Å². The molecule has 1 aliphatic heterocycles. The number of esters is 2. The molecule has 1 aliphatic rings. The lowest BCUT2D eigenvalue weighted by molar-refractivity contribution is -0.305.